The van der Waals surface area contributed by atoms with Crippen LogP contribution in [0.5, 0.6) is 0 Å². The Morgan fingerprint density at radius 3 is 2.04 bits per heavy atom. The maximum Gasteiger partial charge on any atom is 0.326 e. The number of esters is 1. The molecule has 5 nitrogen and oxygen atoms in total. The van der Waals surface area contributed by atoms with Gasteiger partial charge in [-0.15, -0.1) is 0 Å². The molecule has 0 fully saturated rings. The molecule has 0 radical (unpaired) electrons. The van der Waals surface area contributed by atoms with Crippen LogP contribution < -0.4 is 5.32 Å². The van der Waals surface area contributed by atoms with Crippen LogP contribution in [-0.4, -0.2) is 30.3 Å². The second-order valence-electron chi connectivity index (χ2n) is 7.51. The van der Waals surface area contributed by atoms with Gasteiger partial charge in [-0.1, -0.05) is 44.5 Å². The van der Waals surface area contributed by atoms with Crippen LogP contribution in [-0.2, 0) is 14.9 Å². The number of carbonyl (C=O) groups is 3. The Morgan fingerprint density at radius 2 is 1.50 bits per heavy atom. The van der Waals surface area contributed by atoms with E-state index < -0.39 is 12.1 Å². The van der Waals surface area contributed by atoms with E-state index in [2.05, 4.69) is 26.1 Å². The van der Waals surface area contributed by atoms with Crippen molar-refractivity contribution in [1.29, 1.82) is 0 Å². The van der Waals surface area contributed by atoms with E-state index in [4.69, 9.17) is 16.3 Å². The fourth-order valence-corrected chi connectivity index (χ4v) is 2.64. The average molecular weight is 402 g/mol. The highest BCUT2D eigenvalue weighted by Crippen LogP contribution is 2.22. The van der Waals surface area contributed by atoms with Gasteiger partial charge in [0.2, 0.25) is 5.78 Å². The summed E-state index contributed by atoms with van der Waals surface area (Å²) < 4.78 is 5.11. The number of ketones is 1. The second kappa shape index (κ2) is 9.02. The highest BCUT2D eigenvalue weighted by atomic mass is 35.5. The summed E-state index contributed by atoms with van der Waals surface area (Å²) in [5.74, 6) is -1.40. The van der Waals surface area contributed by atoms with Gasteiger partial charge in [-0.3, -0.25) is 14.4 Å². The number of ether oxygens (including phenoxy) is 1. The highest BCUT2D eigenvalue weighted by molar-refractivity contribution is 6.30. The van der Waals surface area contributed by atoms with E-state index in [0.29, 0.717) is 16.1 Å². The Balaban J connectivity index is 1.86. The van der Waals surface area contributed by atoms with Gasteiger partial charge in [0.25, 0.3) is 5.91 Å². The van der Waals surface area contributed by atoms with Crippen LogP contribution in [0.2, 0.25) is 5.02 Å². The SMILES string of the molecule is C[C@@H](OC(=O)CNC(=O)c1ccc(C(C)(C)C)cc1)C(=O)c1ccc(Cl)cc1. The molecule has 1 amide bonds. The van der Waals surface area contributed by atoms with Crippen LogP contribution in [0.15, 0.2) is 48.5 Å². The molecule has 0 aliphatic rings. The molecule has 2 aromatic carbocycles. The third-order valence-electron chi connectivity index (χ3n) is 4.21. The zero-order valence-electron chi connectivity index (χ0n) is 16.4. The van der Waals surface area contributed by atoms with Crippen molar-refractivity contribution in [3.8, 4) is 0 Å². The Kier molecular flexibility index (Phi) is 6.97. The quantitative estimate of drug-likeness (QED) is 0.582. The molecule has 2 rings (SSSR count). The molecule has 1 atom stereocenters. The molecular weight excluding hydrogens is 378 g/mol. The molecule has 0 saturated heterocycles. The summed E-state index contributed by atoms with van der Waals surface area (Å²) in [6.45, 7) is 7.43. The predicted molar refractivity (Wildman–Crippen MR) is 109 cm³/mol. The van der Waals surface area contributed by atoms with Crippen LogP contribution >= 0.6 is 11.6 Å². The molecule has 0 aliphatic heterocycles. The minimum absolute atomic E-state index is 0.00836. The van der Waals surface area contributed by atoms with Crippen LogP contribution in [0, 0.1) is 0 Å². The summed E-state index contributed by atoms with van der Waals surface area (Å²) >= 11 is 5.80. The van der Waals surface area contributed by atoms with Crippen molar-refractivity contribution in [1.82, 2.24) is 5.32 Å². The Morgan fingerprint density at radius 1 is 0.964 bits per heavy atom. The minimum atomic E-state index is -0.961. The maximum atomic E-state index is 12.3. The van der Waals surface area contributed by atoms with Gasteiger partial charge in [0.15, 0.2) is 6.10 Å². The lowest BCUT2D eigenvalue weighted by Gasteiger charge is -2.19. The summed E-state index contributed by atoms with van der Waals surface area (Å²) in [5.41, 5.74) is 1.95. The minimum Gasteiger partial charge on any atom is -0.453 e. The number of Topliss-reactive ketones (excluding diaryl/α,β-unsaturated/α-hetero) is 1. The van der Waals surface area contributed by atoms with Crippen LogP contribution in [0.3, 0.4) is 0 Å². The van der Waals surface area contributed by atoms with Gasteiger partial charge in [-0.2, -0.15) is 0 Å². The van der Waals surface area contributed by atoms with Gasteiger partial charge in [0.05, 0.1) is 0 Å². The fraction of sp³-hybridized carbons (Fsp3) is 0.318. The lowest BCUT2D eigenvalue weighted by atomic mass is 9.87. The van der Waals surface area contributed by atoms with Crippen molar-refractivity contribution >= 4 is 29.3 Å². The molecule has 6 heteroatoms. The number of hydrogen-bond acceptors (Lipinski definition) is 4. The molecule has 28 heavy (non-hydrogen) atoms. The molecule has 0 saturated carbocycles. The largest absolute Gasteiger partial charge is 0.453 e. The fourth-order valence-electron chi connectivity index (χ4n) is 2.52. The monoisotopic (exact) mass is 401 g/mol. The molecule has 0 spiro atoms. The van der Waals surface area contributed by atoms with Gasteiger partial charge >= 0.3 is 5.97 Å². The molecule has 148 valence electrons. The first kappa shape index (κ1) is 21.6. The first-order valence-electron chi connectivity index (χ1n) is 8.96. The van der Waals surface area contributed by atoms with Gasteiger partial charge in [0, 0.05) is 16.1 Å². The molecule has 0 unspecified atom stereocenters. The molecule has 0 aromatic heterocycles. The predicted octanol–water partition coefficient (Wildman–Crippen LogP) is 4.18. The van der Waals surface area contributed by atoms with Crippen LogP contribution in [0.25, 0.3) is 0 Å². The number of amides is 1. The van der Waals surface area contributed by atoms with Crippen molar-refractivity contribution in [2.75, 3.05) is 6.54 Å². The highest BCUT2D eigenvalue weighted by Gasteiger charge is 2.20. The number of benzene rings is 2. The lowest BCUT2D eigenvalue weighted by Crippen LogP contribution is -2.34. The molecule has 0 aliphatic carbocycles. The van der Waals surface area contributed by atoms with Crippen molar-refractivity contribution in [2.24, 2.45) is 0 Å². The second-order valence-corrected chi connectivity index (χ2v) is 7.95. The smallest absolute Gasteiger partial charge is 0.326 e. The van der Waals surface area contributed by atoms with E-state index in [9.17, 15) is 14.4 Å². The number of hydrogen-bond donors (Lipinski definition) is 1. The maximum absolute atomic E-state index is 12.3. The van der Waals surface area contributed by atoms with Crippen molar-refractivity contribution < 1.29 is 19.1 Å². The number of nitrogens with one attached hydrogen (secondary N) is 1. The van der Waals surface area contributed by atoms with Gasteiger partial charge in [-0.05, 0) is 54.3 Å². The van der Waals surface area contributed by atoms with Crippen LogP contribution in [0.4, 0.5) is 0 Å². The summed E-state index contributed by atoms with van der Waals surface area (Å²) in [6.07, 6.45) is -0.961. The zero-order chi connectivity index (χ0) is 20.9. The Bertz CT molecular complexity index is 852. The Labute approximate surface area is 170 Å². The van der Waals surface area contributed by atoms with E-state index in [-0.39, 0.29) is 23.7 Å². The van der Waals surface area contributed by atoms with E-state index in [1.807, 2.05) is 12.1 Å². The van der Waals surface area contributed by atoms with Gasteiger partial charge in [-0.25, -0.2) is 0 Å². The lowest BCUT2D eigenvalue weighted by molar-refractivity contribution is -0.145. The van der Waals surface area contributed by atoms with E-state index in [1.54, 1.807) is 36.4 Å². The normalized spacial score (nSPS) is 12.2. The van der Waals surface area contributed by atoms with Crippen molar-refractivity contribution in [3.63, 3.8) is 0 Å². The summed E-state index contributed by atoms with van der Waals surface area (Å²) in [6, 6.07) is 13.5. The van der Waals surface area contributed by atoms with Gasteiger partial charge < -0.3 is 10.1 Å². The molecule has 0 bridgehead atoms. The summed E-state index contributed by atoms with van der Waals surface area (Å²) in [5, 5.41) is 3.02. The van der Waals surface area contributed by atoms with E-state index in [1.165, 1.54) is 6.92 Å². The molecule has 0 heterocycles. The molecule has 1 N–H and O–H groups in total. The average Bonchev–Trinajstić information content (AvgIpc) is 2.65. The summed E-state index contributed by atoms with van der Waals surface area (Å²) in [7, 11) is 0. The molecular formula is C22H24ClNO4. The van der Waals surface area contributed by atoms with Gasteiger partial charge in [0.1, 0.15) is 6.54 Å². The third-order valence-corrected chi connectivity index (χ3v) is 4.46. The Hall–Kier alpha value is -2.66. The summed E-state index contributed by atoms with van der Waals surface area (Å²) in [4.78, 5) is 36.4. The van der Waals surface area contributed by atoms with Crippen molar-refractivity contribution in [3.05, 3.63) is 70.2 Å². The van der Waals surface area contributed by atoms with Crippen molar-refractivity contribution in [2.45, 2.75) is 39.2 Å². The first-order chi connectivity index (χ1) is 13.1. The number of carbonyl (C=O) groups excluding carboxylic acids is 3. The number of rotatable bonds is 6. The molecule has 2 aromatic rings. The third kappa shape index (κ3) is 5.92. The standard InChI is InChI=1S/C22H24ClNO4/c1-14(20(26)15-7-11-18(23)12-8-15)28-19(25)13-24-21(27)16-5-9-17(10-6-16)22(2,3)4/h5-12,14H,13H2,1-4H3,(H,24,27)/t14-/m1/s1. The first-order valence-corrected chi connectivity index (χ1v) is 9.34. The topological polar surface area (TPSA) is 72.5 Å². The van der Waals surface area contributed by atoms with Crippen LogP contribution in [0.1, 0.15) is 54.0 Å². The zero-order valence-corrected chi connectivity index (χ0v) is 17.2. The van der Waals surface area contributed by atoms with E-state index >= 15 is 0 Å². The van der Waals surface area contributed by atoms with E-state index in [0.717, 1.165) is 5.56 Å². The number of halogens is 1.